The molecule has 0 aromatic heterocycles. The van der Waals surface area contributed by atoms with E-state index >= 15 is 0 Å². The minimum absolute atomic E-state index is 0.515. The SMILES string of the molecule is COC(OC)C(=O)NO.N#CCc1ccccc1. The van der Waals surface area contributed by atoms with Crippen LogP contribution < -0.4 is 5.48 Å². The maximum absolute atomic E-state index is 10.4. The molecule has 0 bridgehead atoms. The van der Waals surface area contributed by atoms with Gasteiger partial charge in [-0.3, -0.25) is 10.0 Å². The number of hydroxylamine groups is 1. The van der Waals surface area contributed by atoms with Crippen molar-refractivity contribution in [3.8, 4) is 6.07 Å². The van der Waals surface area contributed by atoms with Crippen molar-refractivity contribution in [2.24, 2.45) is 0 Å². The average molecular weight is 252 g/mol. The molecular formula is C12H16N2O4. The number of amides is 1. The smallest absolute Gasteiger partial charge is 0.300 e. The van der Waals surface area contributed by atoms with Crippen molar-refractivity contribution in [1.29, 1.82) is 5.26 Å². The summed E-state index contributed by atoms with van der Waals surface area (Å²) in [5.74, 6) is -0.722. The fraction of sp³-hybridized carbons (Fsp3) is 0.333. The van der Waals surface area contributed by atoms with Gasteiger partial charge < -0.3 is 9.47 Å². The first-order chi connectivity index (χ1) is 8.69. The number of ether oxygens (including phenoxy) is 2. The van der Waals surface area contributed by atoms with Crippen LogP contribution in [0.1, 0.15) is 5.56 Å². The molecule has 0 saturated carbocycles. The molecule has 0 unspecified atom stereocenters. The van der Waals surface area contributed by atoms with Crippen molar-refractivity contribution in [2.45, 2.75) is 12.7 Å². The molecule has 0 fully saturated rings. The molecule has 0 aliphatic rings. The van der Waals surface area contributed by atoms with E-state index in [1.54, 1.807) is 0 Å². The van der Waals surface area contributed by atoms with Gasteiger partial charge in [-0.05, 0) is 5.56 Å². The maximum Gasteiger partial charge on any atom is 0.300 e. The van der Waals surface area contributed by atoms with Gasteiger partial charge in [0.05, 0.1) is 12.5 Å². The Labute approximate surface area is 106 Å². The van der Waals surface area contributed by atoms with Gasteiger partial charge in [0.1, 0.15) is 0 Å². The van der Waals surface area contributed by atoms with Crippen LogP contribution in [0.15, 0.2) is 30.3 Å². The second-order valence-corrected chi connectivity index (χ2v) is 3.10. The highest BCUT2D eigenvalue weighted by Crippen LogP contribution is 1.97. The van der Waals surface area contributed by atoms with Gasteiger partial charge >= 0.3 is 0 Å². The number of nitriles is 1. The molecule has 6 heteroatoms. The van der Waals surface area contributed by atoms with Gasteiger partial charge in [0, 0.05) is 14.2 Å². The topological polar surface area (TPSA) is 91.6 Å². The zero-order valence-electron chi connectivity index (χ0n) is 10.3. The minimum atomic E-state index is -1.03. The summed E-state index contributed by atoms with van der Waals surface area (Å²) in [6.45, 7) is 0. The van der Waals surface area contributed by atoms with Crippen LogP contribution in [0.5, 0.6) is 0 Å². The summed E-state index contributed by atoms with van der Waals surface area (Å²) in [6, 6.07) is 11.8. The molecule has 0 spiro atoms. The summed E-state index contributed by atoms with van der Waals surface area (Å²) >= 11 is 0. The summed E-state index contributed by atoms with van der Waals surface area (Å²) in [6.07, 6.45) is -0.518. The van der Waals surface area contributed by atoms with Gasteiger partial charge in [0.15, 0.2) is 0 Å². The van der Waals surface area contributed by atoms with E-state index in [9.17, 15) is 4.79 Å². The first-order valence-electron chi connectivity index (χ1n) is 5.10. The lowest BCUT2D eigenvalue weighted by molar-refractivity contribution is -0.167. The Morgan fingerprint density at radius 2 is 1.94 bits per heavy atom. The molecule has 6 nitrogen and oxygen atoms in total. The van der Waals surface area contributed by atoms with Crippen LogP contribution >= 0.6 is 0 Å². The Morgan fingerprint density at radius 3 is 2.28 bits per heavy atom. The minimum Gasteiger partial charge on any atom is -0.348 e. The summed E-state index contributed by atoms with van der Waals surface area (Å²) in [4.78, 5) is 10.4. The number of nitrogens with zero attached hydrogens (tertiary/aromatic N) is 1. The van der Waals surface area contributed by atoms with Crippen molar-refractivity contribution in [2.75, 3.05) is 14.2 Å². The van der Waals surface area contributed by atoms with Crippen molar-refractivity contribution in [3.63, 3.8) is 0 Å². The zero-order valence-corrected chi connectivity index (χ0v) is 10.3. The summed E-state index contributed by atoms with van der Waals surface area (Å²) in [5.41, 5.74) is 2.46. The van der Waals surface area contributed by atoms with Crippen LogP contribution in [0, 0.1) is 11.3 Å². The highest BCUT2D eigenvalue weighted by atomic mass is 16.7. The Balaban J connectivity index is 0.000000321. The van der Waals surface area contributed by atoms with Crippen LogP contribution in [0.2, 0.25) is 0 Å². The summed E-state index contributed by atoms with van der Waals surface area (Å²) in [5, 5.41) is 16.3. The van der Waals surface area contributed by atoms with E-state index < -0.39 is 12.2 Å². The lowest BCUT2D eigenvalue weighted by Gasteiger charge is -2.08. The number of methoxy groups -OCH3 is 2. The Morgan fingerprint density at radius 1 is 1.39 bits per heavy atom. The molecule has 2 N–H and O–H groups in total. The van der Waals surface area contributed by atoms with Crippen LogP contribution in [0.3, 0.4) is 0 Å². The summed E-state index contributed by atoms with van der Waals surface area (Å²) in [7, 11) is 2.59. The van der Waals surface area contributed by atoms with E-state index in [4.69, 9.17) is 10.5 Å². The predicted molar refractivity (Wildman–Crippen MR) is 63.5 cm³/mol. The molecule has 0 radical (unpaired) electrons. The van der Waals surface area contributed by atoms with Crippen LogP contribution in [0.25, 0.3) is 0 Å². The number of rotatable bonds is 4. The molecule has 98 valence electrons. The number of benzene rings is 1. The zero-order chi connectivity index (χ0) is 13.8. The van der Waals surface area contributed by atoms with Crippen LogP contribution in [0.4, 0.5) is 0 Å². The number of hydrogen-bond donors (Lipinski definition) is 2. The third-order valence-corrected chi connectivity index (χ3v) is 1.88. The molecule has 0 heterocycles. The van der Waals surface area contributed by atoms with Crippen molar-refractivity contribution in [1.82, 2.24) is 5.48 Å². The molecule has 1 rings (SSSR count). The monoisotopic (exact) mass is 252 g/mol. The number of hydrogen-bond acceptors (Lipinski definition) is 5. The number of carbonyl (C=O) groups is 1. The maximum atomic E-state index is 10.4. The Kier molecular flexibility index (Phi) is 9.13. The molecule has 1 aromatic carbocycles. The third-order valence-electron chi connectivity index (χ3n) is 1.88. The van der Waals surface area contributed by atoms with Crippen LogP contribution in [-0.2, 0) is 20.7 Å². The highest BCUT2D eigenvalue weighted by molar-refractivity contribution is 5.78. The normalized spacial score (nSPS) is 9.06. The van der Waals surface area contributed by atoms with Gasteiger partial charge in [-0.25, -0.2) is 5.48 Å². The molecule has 18 heavy (non-hydrogen) atoms. The van der Waals surface area contributed by atoms with Crippen LogP contribution in [-0.4, -0.2) is 31.6 Å². The molecule has 0 aliphatic heterocycles. The van der Waals surface area contributed by atoms with E-state index in [1.807, 2.05) is 30.3 Å². The first-order valence-corrected chi connectivity index (χ1v) is 5.10. The highest BCUT2D eigenvalue weighted by Gasteiger charge is 2.14. The fourth-order valence-electron chi connectivity index (χ4n) is 1.05. The fourth-order valence-corrected chi connectivity index (χ4v) is 1.05. The summed E-state index contributed by atoms with van der Waals surface area (Å²) < 4.78 is 8.92. The van der Waals surface area contributed by atoms with E-state index in [1.165, 1.54) is 19.7 Å². The quantitative estimate of drug-likeness (QED) is 0.471. The van der Waals surface area contributed by atoms with Gasteiger partial charge in [0.25, 0.3) is 5.91 Å². The van der Waals surface area contributed by atoms with Crippen molar-refractivity contribution >= 4 is 5.91 Å². The second-order valence-electron chi connectivity index (χ2n) is 3.10. The molecule has 0 saturated heterocycles. The van der Waals surface area contributed by atoms with Crippen molar-refractivity contribution < 1.29 is 19.5 Å². The van der Waals surface area contributed by atoms with Gasteiger partial charge in [-0.1, -0.05) is 30.3 Å². The lowest BCUT2D eigenvalue weighted by atomic mass is 10.2. The number of nitrogens with one attached hydrogen (secondary N) is 1. The standard InChI is InChI=1S/C8H7N.C4H9NO4/c9-7-6-8-4-2-1-3-5-8;1-8-4(9-2)3(6)5-7/h1-5H,6H2;4,7H,1-2H3,(H,5,6). The van der Waals surface area contributed by atoms with Crippen molar-refractivity contribution in [3.05, 3.63) is 35.9 Å². The van der Waals surface area contributed by atoms with E-state index in [0.717, 1.165) is 5.56 Å². The second kappa shape index (κ2) is 10.2. The molecule has 0 aliphatic carbocycles. The Hall–Kier alpha value is -1.94. The molecular weight excluding hydrogens is 236 g/mol. The van der Waals surface area contributed by atoms with Gasteiger partial charge in [-0.15, -0.1) is 0 Å². The molecule has 1 amide bonds. The van der Waals surface area contributed by atoms with Gasteiger partial charge in [0.2, 0.25) is 6.29 Å². The predicted octanol–water partition coefficient (Wildman–Crippen LogP) is 0.863. The molecule has 1 aromatic rings. The largest absolute Gasteiger partial charge is 0.348 e. The number of carbonyl (C=O) groups excluding carboxylic acids is 1. The third kappa shape index (κ3) is 6.60. The lowest BCUT2D eigenvalue weighted by Crippen LogP contribution is -2.34. The first kappa shape index (κ1) is 16.1. The average Bonchev–Trinajstić information content (AvgIpc) is 2.42. The van der Waals surface area contributed by atoms with E-state index in [0.29, 0.717) is 6.42 Å². The van der Waals surface area contributed by atoms with E-state index in [2.05, 4.69) is 15.5 Å². The van der Waals surface area contributed by atoms with Gasteiger partial charge in [-0.2, -0.15) is 5.26 Å². The molecule has 0 atom stereocenters. The Bertz CT molecular complexity index is 371. The van der Waals surface area contributed by atoms with E-state index in [-0.39, 0.29) is 0 Å².